The summed E-state index contributed by atoms with van der Waals surface area (Å²) in [4.78, 5) is 11.3. The second-order valence-corrected chi connectivity index (χ2v) is 6.10. The van der Waals surface area contributed by atoms with Crippen LogP contribution in [-0.4, -0.2) is 23.1 Å². The highest BCUT2D eigenvalue weighted by Gasteiger charge is 2.35. The van der Waals surface area contributed by atoms with Gasteiger partial charge in [0.05, 0.1) is 5.69 Å². The Balaban J connectivity index is 1.65. The monoisotopic (exact) mass is 260 g/mol. The summed E-state index contributed by atoms with van der Waals surface area (Å²) in [5.74, 6) is 0.869. The molecule has 2 fully saturated rings. The normalized spacial score (nSPS) is 22.7. The van der Waals surface area contributed by atoms with Crippen molar-refractivity contribution in [2.24, 2.45) is 11.1 Å². The largest absolute Gasteiger partial charge is 0.341 e. The number of nitrogens with zero attached hydrogens (tertiary/aromatic N) is 3. The molecule has 2 N–H and O–H groups in total. The molecule has 4 nitrogen and oxygen atoms in total. The van der Waals surface area contributed by atoms with Crippen LogP contribution < -0.4 is 10.6 Å². The van der Waals surface area contributed by atoms with Gasteiger partial charge in [-0.2, -0.15) is 0 Å². The average Bonchev–Trinajstić information content (AvgIpc) is 2.49. The van der Waals surface area contributed by atoms with E-state index in [2.05, 4.69) is 14.9 Å². The lowest BCUT2D eigenvalue weighted by Crippen LogP contribution is -2.41. The van der Waals surface area contributed by atoms with Crippen LogP contribution in [0.15, 0.2) is 12.3 Å². The van der Waals surface area contributed by atoms with Crippen molar-refractivity contribution in [1.29, 1.82) is 0 Å². The first kappa shape index (κ1) is 12.9. The zero-order chi connectivity index (χ0) is 13.1. The van der Waals surface area contributed by atoms with Gasteiger partial charge < -0.3 is 10.6 Å². The molecular weight excluding hydrogens is 236 g/mol. The lowest BCUT2D eigenvalue weighted by atomic mass is 9.68. The topological polar surface area (TPSA) is 55.0 Å². The van der Waals surface area contributed by atoms with E-state index in [1.54, 1.807) is 0 Å². The predicted octanol–water partition coefficient (Wildman–Crippen LogP) is 2.49. The molecule has 1 spiro atoms. The van der Waals surface area contributed by atoms with Crippen LogP contribution in [0.5, 0.6) is 0 Å². The minimum atomic E-state index is 0.493. The van der Waals surface area contributed by atoms with Crippen LogP contribution in [-0.2, 0) is 6.54 Å². The third-order valence-corrected chi connectivity index (χ3v) is 4.93. The van der Waals surface area contributed by atoms with E-state index in [1.807, 2.05) is 12.3 Å². The lowest BCUT2D eigenvalue weighted by Gasteiger charge is -2.44. The standard InChI is InChI=1S/C15H24N4/c16-12-13-4-9-17-14(18-13)19-10-7-15(8-11-19)5-2-1-3-6-15/h4,9H,1-3,5-8,10-12,16H2. The van der Waals surface area contributed by atoms with Crippen LogP contribution in [0.1, 0.15) is 50.6 Å². The van der Waals surface area contributed by atoms with Crippen molar-refractivity contribution in [3.63, 3.8) is 0 Å². The fourth-order valence-electron chi connectivity index (χ4n) is 3.63. The van der Waals surface area contributed by atoms with Crippen molar-refractivity contribution in [3.8, 4) is 0 Å². The smallest absolute Gasteiger partial charge is 0.225 e. The predicted molar refractivity (Wildman–Crippen MR) is 76.9 cm³/mol. The summed E-state index contributed by atoms with van der Waals surface area (Å²) in [5, 5.41) is 0. The van der Waals surface area contributed by atoms with Gasteiger partial charge >= 0.3 is 0 Å². The van der Waals surface area contributed by atoms with Crippen LogP contribution >= 0.6 is 0 Å². The summed E-state index contributed by atoms with van der Waals surface area (Å²) in [6.45, 7) is 2.70. The van der Waals surface area contributed by atoms with E-state index in [4.69, 9.17) is 5.73 Å². The van der Waals surface area contributed by atoms with Gasteiger partial charge in [-0.25, -0.2) is 9.97 Å². The van der Waals surface area contributed by atoms with E-state index in [0.29, 0.717) is 12.0 Å². The number of nitrogens with two attached hydrogens (primary N) is 1. The Kier molecular flexibility index (Phi) is 3.69. The second kappa shape index (κ2) is 5.45. The molecule has 0 amide bonds. The molecule has 1 saturated carbocycles. The van der Waals surface area contributed by atoms with Gasteiger partial charge in [-0.3, -0.25) is 0 Å². The molecule has 104 valence electrons. The van der Waals surface area contributed by atoms with Gasteiger partial charge in [-0.15, -0.1) is 0 Å². The minimum absolute atomic E-state index is 0.493. The SMILES string of the molecule is NCc1ccnc(N2CCC3(CCCCC3)CC2)n1. The molecule has 19 heavy (non-hydrogen) atoms. The number of rotatable bonds is 2. The van der Waals surface area contributed by atoms with Gasteiger partial charge in [0.25, 0.3) is 0 Å². The maximum absolute atomic E-state index is 5.65. The molecule has 1 aromatic rings. The number of aromatic nitrogens is 2. The molecule has 1 aromatic heterocycles. The highest BCUT2D eigenvalue weighted by Crippen LogP contribution is 2.44. The van der Waals surface area contributed by atoms with E-state index < -0.39 is 0 Å². The van der Waals surface area contributed by atoms with E-state index >= 15 is 0 Å². The lowest BCUT2D eigenvalue weighted by molar-refractivity contribution is 0.144. The highest BCUT2D eigenvalue weighted by molar-refractivity contribution is 5.31. The number of piperidine rings is 1. The first-order valence-corrected chi connectivity index (χ1v) is 7.58. The molecule has 4 heteroatoms. The van der Waals surface area contributed by atoms with Gasteiger partial charge in [-0.1, -0.05) is 19.3 Å². The Bertz CT molecular complexity index is 416. The Morgan fingerprint density at radius 1 is 1.11 bits per heavy atom. The quantitative estimate of drug-likeness (QED) is 0.887. The van der Waals surface area contributed by atoms with Crippen molar-refractivity contribution in [3.05, 3.63) is 18.0 Å². The zero-order valence-electron chi connectivity index (χ0n) is 11.6. The molecular formula is C15H24N4. The molecule has 1 aliphatic carbocycles. The Hall–Kier alpha value is -1.16. The highest BCUT2D eigenvalue weighted by atomic mass is 15.3. The van der Waals surface area contributed by atoms with Crippen molar-refractivity contribution >= 4 is 5.95 Å². The maximum Gasteiger partial charge on any atom is 0.225 e. The molecule has 0 unspecified atom stereocenters. The summed E-state index contributed by atoms with van der Waals surface area (Å²) in [6, 6.07) is 1.90. The zero-order valence-corrected chi connectivity index (χ0v) is 11.6. The maximum atomic E-state index is 5.65. The van der Waals surface area contributed by atoms with Crippen molar-refractivity contribution in [2.75, 3.05) is 18.0 Å². The summed E-state index contributed by atoms with van der Waals surface area (Å²) in [5.41, 5.74) is 7.22. The molecule has 0 radical (unpaired) electrons. The van der Waals surface area contributed by atoms with E-state index in [1.165, 1.54) is 44.9 Å². The average molecular weight is 260 g/mol. The van der Waals surface area contributed by atoms with Crippen LogP contribution in [0.2, 0.25) is 0 Å². The molecule has 0 atom stereocenters. The molecule has 0 aromatic carbocycles. The van der Waals surface area contributed by atoms with E-state index in [0.717, 1.165) is 24.7 Å². The molecule has 0 bridgehead atoms. The second-order valence-electron chi connectivity index (χ2n) is 6.10. The van der Waals surface area contributed by atoms with E-state index in [-0.39, 0.29) is 0 Å². The minimum Gasteiger partial charge on any atom is -0.341 e. The van der Waals surface area contributed by atoms with Crippen molar-refractivity contribution < 1.29 is 0 Å². The number of hydrogen-bond acceptors (Lipinski definition) is 4. The van der Waals surface area contributed by atoms with Crippen LogP contribution in [0, 0.1) is 5.41 Å². The summed E-state index contributed by atoms with van der Waals surface area (Å²) >= 11 is 0. The van der Waals surface area contributed by atoms with Gasteiger partial charge in [0, 0.05) is 25.8 Å². The Morgan fingerprint density at radius 3 is 2.53 bits per heavy atom. The van der Waals surface area contributed by atoms with Crippen LogP contribution in [0.4, 0.5) is 5.95 Å². The van der Waals surface area contributed by atoms with Gasteiger partial charge in [0.15, 0.2) is 0 Å². The molecule has 2 heterocycles. The number of anilines is 1. The van der Waals surface area contributed by atoms with Crippen molar-refractivity contribution in [2.45, 2.75) is 51.5 Å². The Morgan fingerprint density at radius 2 is 1.84 bits per heavy atom. The van der Waals surface area contributed by atoms with Gasteiger partial charge in [0.1, 0.15) is 0 Å². The van der Waals surface area contributed by atoms with Crippen molar-refractivity contribution in [1.82, 2.24) is 9.97 Å². The third kappa shape index (κ3) is 2.73. The summed E-state index contributed by atoms with van der Waals surface area (Å²) in [6.07, 6.45) is 11.6. The summed E-state index contributed by atoms with van der Waals surface area (Å²) in [7, 11) is 0. The van der Waals surface area contributed by atoms with Crippen LogP contribution in [0.3, 0.4) is 0 Å². The molecule has 1 aliphatic heterocycles. The molecule has 2 aliphatic rings. The van der Waals surface area contributed by atoms with Gasteiger partial charge in [-0.05, 0) is 37.2 Å². The summed E-state index contributed by atoms with van der Waals surface area (Å²) < 4.78 is 0. The van der Waals surface area contributed by atoms with E-state index in [9.17, 15) is 0 Å². The first-order valence-electron chi connectivity index (χ1n) is 7.58. The fraction of sp³-hybridized carbons (Fsp3) is 0.733. The fourth-order valence-corrected chi connectivity index (χ4v) is 3.63. The van der Waals surface area contributed by atoms with Crippen LogP contribution in [0.25, 0.3) is 0 Å². The third-order valence-electron chi connectivity index (χ3n) is 4.93. The Labute approximate surface area is 115 Å². The number of hydrogen-bond donors (Lipinski definition) is 1. The molecule has 3 rings (SSSR count). The van der Waals surface area contributed by atoms with Gasteiger partial charge in [0.2, 0.25) is 5.95 Å². The first-order chi connectivity index (χ1) is 9.31. The molecule has 1 saturated heterocycles.